The van der Waals surface area contributed by atoms with E-state index in [1.54, 1.807) is 0 Å². The van der Waals surface area contributed by atoms with Crippen LogP contribution in [-0.2, 0) is 9.36 Å². The maximum Gasteiger partial charge on any atom is 0.454 e. The van der Waals surface area contributed by atoms with Gasteiger partial charge in [-0.05, 0) is 11.6 Å². The van der Waals surface area contributed by atoms with Crippen LogP contribution in [0, 0.1) is 0 Å². The average Bonchev–Trinajstić information content (AvgIpc) is 1.63. The van der Waals surface area contributed by atoms with Crippen LogP contribution in [0.4, 0.5) is 0 Å². The normalized spacial score (nSPS) is 11.1. The zero-order chi connectivity index (χ0) is 7.28. The van der Waals surface area contributed by atoms with Crippen molar-refractivity contribution < 1.29 is 9.36 Å². The third-order valence-electron chi connectivity index (χ3n) is 0.707. The standard InChI is InChI=1S/C4H6Cl2O2P/c5-4(7)2-1-3-9(6)8/h1-3H2/q+1. The molecule has 0 fully saturated rings. The smallest absolute Gasteiger partial charge is 0.281 e. The summed E-state index contributed by atoms with van der Waals surface area (Å²) in [7, 11) is -1.62. The summed E-state index contributed by atoms with van der Waals surface area (Å²) in [5.74, 6) is 0. The van der Waals surface area contributed by atoms with Gasteiger partial charge >= 0.3 is 7.15 Å². The van der Waals surface area contributed by atoms with Crippen molar-refractivity contribution in [3.05, 3.63) is 0 Å². The Hall–Kier alpha value is 0.350. The van der Waals surface area contributed by atoms with Gasteiger partial charge in [-0.25, -0.2) is 0 Å². The van der Waals surface area contributed by atoms with Crippen molar-refractivity contribution in [3.8, 4) is 0 Å². The molecule has 1 unspecified atom stereocenters. The summed E-state index contributed by atoms with van der Waals surface area (Å²) in [6.45, 7) is 0. The minimum absolute atomic E-state index is 0.259. The van der Waals surface area contributed by atoms with Crippen molar-refractivity contribution in [2.75, 3.05) is 6.16 Å². The molecule has 0 aliphatic carbocycles. The number of hydrogen-bond donors (Lipinski definition) is 0. The summed E-state index contributed by atoms with van der Waals surface area (Å²) < 4.78 is 10.2. The number of halogens is 2. The van der Waals surface area contributed by atoms with E-state index in [2.05, 4.69) is 0 Å². The summed E-state index contributed by atoms with van der Waals surface area (Å²) in [5, 5.41) is -0.400. The average molecular weight is 188 g/mol. The molecule has 0 amide bonds. The van der Waals surface area contributed by atoms with Crippen LogP contribution >= 0.6 is 30.0 Å². The highest BCUT2D eigenvalue weighted by Gasteiger charge is 2.10. The second-order valence-electron chi connectivity index (χ2n) is 1.50. The number of hydrogen-bond acceptors (Lipinski definition) is 2. The van der Waals surface area contributed by atoms with E-state index in [4.69, 9.17) is 22.8 Å². The summed E-state index contributed by atoms with van der Waals surface area (Å²) in [4.78, 5) is 10.1. The first-order valence-electron chi connectivity index (χ1n) is 2.41. The quantitative estimate of drug-likeness (QED) is 0.501. The Morgan fingerprint density at radius 1 is 1.56 bits per heavy atom. The van der Waals surface area contributed by atoms with Crippen molar-refractivity contribution in [3.63, 3.8) is 0 Å². The van der Waals surface area contributed by atoms with Gasteiger partial charge in [0.25, 0.3) is 0 Å². The van der Waals surface area contributed by atoms with Crippen LogP contribution in [-0.4, -0.2) is 11.4 Å². The van der Waals surface area contributed by atoms with Gasteiger partial charge in [-0.3, -0.25) is 4.79 Å². The first-order chi connectivity index (χ1) is 4.13. The third-order valence-corrected chi connectivity index (χ3v) is 2.07. The monoisotopic (exact) mass is 187 g/mol. The van der Waals surface area contributed by atoms with Gasteiger partial charge in [-0.2, -0.15) is 0 Å². The highest BCUT2D eigenvalue weighted by molar-refractivity contribution is 7.73. The Bertz CT molecular complexity index is 112. The second kappa shape index (κ2) is 5.16. The number of carbonyl (C=O) groups is 1. The van der Waals surface area contributed by atoms with E-state index in [0.29, 0.717) is 12.6 Å². The van der Waals surface area contributed by atoms with E-state index in [1.165, 1.54) is 0 Å². The molecule has 0 aromatic carbocycles. The van der Waals surface area contributed by atoms with Crippen LogP contribution in [0.25, 0.3) is 0 Å². The molecule has 0 rings (SSSR count). The maximum absolute atomic E-state index is 10.2. The molecule has 0 aliphatic rings. The van der Waals surface area contributed by atoms with E-state index in [0.717, 1.165) is 0 Å². The van der Waals surface area contributed by atoms with E-state index in [9.17, 15) is 9.36 Å². The van der Waals surface area contributed by atoms with E-state index in [-0.39, 0.29) is 6.42 Å². The Kier molecular flexibility index (Phi) is 5.36. The zero-order valence-electron chi connectivity index (χ0n) is 4.64. The molecule has 1 atom stereocenters. The molecule has 52 valence electrons. The molecule has 0 aromatic rings. The summed E-state index contributed by atoms with van der Waals surface area (Å²) in [6.07, 6.45) is 1.14. The van der Waals surface area contributed by atoms with Gasteiger partial charge in [0.15, 0.2) is 6.16 Å². The zero-order valence-corrected chi connectivity index (χ0v) is 7.05. The fourth-order valence-electron chi connectivity index (χ4n) is 0.342. The van der Waals surface area contributed by atoms with Crippen LogP contribution in [0.1, 0.15) is 12.8 Å². The van der Waals surface area contributed by atoms with Gasteiger partial charge in [0, 0.05) is 12.8 Å². The van der Waals surface area contributed by atoms with Gasteiger partial charge in [0.1, 0.15) is 0 Å². The fourth-order valence-corrected chi connectivity index (χ4v) is 1.24. The number of carbonyl (C=O) groups excluding carboxylic acids is 1. The Morgan fingerprint density at radius 3 is 2.44 bits per heavy atom. The highest BCUT2D eigenvalue weighted by Crippen LogP contribution is 2.27. The van der Waals surface area contributed by atoms with E-state index >= 15 is 0 Å². The fraction of sp³-hybridized carbons (Fsp3) is 0.750. The molecule has 9 heavy (non-hydrogen) atoms. The molecule has 0 N–H and O–H groups in total. The third kappa shape index (κ3) is 8.35. The molecule has 0 saturated carbocycles. The van der Waals surface area contributed by atoms with Gasteiger partial charge in [0.2, 0.25) is 16.5 Å². The van der Waals surface area contributed by atoms with Gasteiger partial charge in [-0.15, -0.1) is 0 Å². The Labute approximate surface area is 64.1 Å². The molecule has 0 bridgehead atoms. The van der Waals surface area contributed by atoms with E-state index < -0.39 is 12.4 Å². The molecule has 0 aromatic heterocycles. The highest BCUT2D eigenvalue weighted by atomic mass is 35.7. The van der Waals surface area contributed by atoms with Crippen molar-refractivity contribution >= 4 is 35.2 Å². The minimum atomic E-state index is -1.62. The molecule has 0 radical (unpaired) electrons. The van der Waals surface area contributed by atoms with E-state index in [1.807, 2.05) is 0 Å². The molecular formula is C4H6Cl2O2P+. The first kappa shape index (κ1) is 9.35. The lowest BCUT2D eigenvalue weighted by Crippen LogP contribution is -1.85. The minimum Gasteiger partial charge on any atom is -0.281 e. The van der Waals surface area contributed by atoms with Gasteiger partial charge in [0.05, 0.1) is 0 Å². The SMILES string of the molecule is O=C(Cl)CCC[P+](=O)Cl. The summed E-state index contributed by atoms with van der Waals surface area (Å²) in [5.41, 5.74) is 0. The predicted octanol–water partition coefficient (Wildman–Crippen LogP) is 2.51. The maximum atomic E-state index is 10.2. The van der Waals surface area contributed by atoms with Crippen LogP contribution in [0.3, 0.4) is 0 Å². The molecule has 0 heterocycles. The Balaban J connectivity index is 3.10. The molecule has 5 heteroatoms. The lowest BCUT2D eigenvalue weighted by atomic mass is 10.4. The molecule has 0 spiro atoms. The summed E-state index contributed by atoms with van der Waals surface area (Å²) >= 11 is 10.1. The van der Waals surface area contributed by atoms with Crippen LogP contribution in [0.2, 0.25) is 0 Å². The summed E-state index contributed by atoms with van der Waals surface area (Å²) in [6, 6.07) is 0. The predicted molar refractivity (Wildman–Crippen MR) is 38.4 cm³/mol. The lowest BCUT2D eigenvalue weighted by Gasteiger charge is -1.81. The second-order valence-corrected chi connectivity index (χ2v) is 4.14. The first-order valence-corrected chi connectivity index (χ1v) is 5.14. The molecule has 0 aliphatic heterocycles. The topological polar surface area (TPSA) is 34.1 Å². The van der Waals surface area contributed by atoms with Crippen molar-refractivity contribution in [2.45, 2.75) is 12.8 Å². The van der Waals surface area contributed by atoms with Gasteiger partial charge in [-0.1, -0.05) is 4.57 Å². The van der Waals surface area contributed by atoms with Gasteiger partial charge < -0.3 is 0 Å². The largest absolute Gasteiger partial charge is 0.454 e. The molecular weight excluding hydrogens is 182 g/mol. The molecule has 0 saturated heterocycles. The lowest BCUT2D eigenvalue weighted by molar-refractivity contribution is -0.111. The number of rotatable bonds is 4. The van der Waals surface area contributed by atoms with Crippen molar-refractivity contribution in [1.82, 2.24) is 0 Å². The molecule has 2 nitrogen and oxygen atoms in total. The van der Waals surface area contributed by atoms with Crippen LogP contribution in [0.5, 0.6) is 0 Å². The van der Waals surface area contributed by atoms with Crippen LogP contribution < -0.4 is 0 Å². The van der Waals surface area contributed by atoms with Crippen LogP contribution in [0.15, 0.2) is 0 Å². The van der Waals surface area contributed by atoms with Crippen molar-refractivity contribution in [1.29, 1.82) is 0 Å². The Morgan fingerprint density at radius 2 is 2.11 bits per heavy atom. The van der Waals surface area contributed by atoms with Crippen molar-refractivity contribution in [2.24, 2.45) is 0 Å².